The van der Waals surface area contributed by atoms with Crippen LogP contribution in [0.25, 0.3) is 0 Å². The third-order valence-electron chi connectivity index (χ3n) is 5.68. The summed E-state index contributed by atoms with van der Waals surface area (Å²) in [4.78, 5) is 59.2. The number of esters is 1. The highest BCUT2D eigenvalue weighted by Gasteiger charge is 2.28. The Morgan fingerprint density at radius 3 is 0.904 bits per heavy atom. The van der Waals surface area contributed by atoms with Crippen molar-refractivity contribution in [3.63, 3.8) is 0 Å². The molecule has 0 aliphatic heterocycles. The van der Waals surface area contributed by atoms with Gasteiger partial charge in [0.1, 0.15) is 5.60 Å². The first-order valence-electron chi connectivity index (χ1n) is 16.5. The van der Waals surface area contributed by atoms with E-state index in [2.05, 4.69) is 68.9 Å². The molecule has 0 saturated heterocycles. The zero-order valence-corrected chi connectivity index (χ0v) is 33.8. The SMILES string of the molecule is C=CC(=O)OC(C)(C)C.CC(C)(C)CCOCC(N)(COCCC(C)(C)C)COCCC(C)(C)C.NC(CO)(CO)CO.O=C=O.O=C=O.O=C=O. The molecule has 308 valence electrons. The van der Waals surface area contributed by atoms with E-state index in [9.17, 15) is 4.79 Å². The van der Waals surface area contributed by atoms with Crippen molar-refractivity contribution in [2.45, 2.75) is 119 Å². The number of aliphatic hydroxyl groups is 3. The molecule has 0 saturated carbocycles. The molecule has 0 spiro atoms. The number of carbonyl (C=O) groups excluding carboxylic acids is 7. The van der Waals surface area contributed by atoms with Crippen molar-refractivity contribution in [2.24, 2.45) is 27.7 Å². The van der Waals surface area contributed by atoms with Crippen LogP contribution in [-0.2, 0) is 52.5 Å². The van der Waals surface area contributed by atoms with E-state index in [1.54, 1.807) is 0 Å². The van der Waals surface area contributed by atoms with Crippen molar-refractivity contribution in [1.29, 1.82) is 0 Å². The Balaban J connectivity index is -0.000000164. The summed E-state index contributed by atoms with van der Waals surface area (Å²) >= 11 is 0. The van der Waals surface area contributed by atoms with E-state index >= 15 is 0 Å². The Bertz CT molecular complexity index is 877. The minimum absolute atomic E-state index is 0.250. The Labute approximate surface area is 310 Å². The molecule has 0 radical (unpaired) electrons. The number of rotatable bonds is 16. The second-order valence-corrected chi connectivity index (χ2v) is 16.3. The summed E-state index contributed by atoms with van der Waals surface area (Å²) in [7, 11) is 0. The van der Waals surface area contributed by atoms with Crippen molar-refractivity contribution in [3.05, 3.63) is 12.7 Å². The lowest BCUT2D eigenvalue weighted by atomic mass is 9.93. The highest BCUT2D eigenvalue weighted by molar-refractivity contribution is 5.81. The van der Waals surface area contributed by atoms with Crippen LogP contribution in [0.3, 0.4) is 0 Å². The third-order valence-corrected chi connectivity index (χ3v) is 5.68. The molecule has 0 amide bonds. The van der Waals surface area contributed by atoms with E-state index < -0.39 is 36.5 Å². The van der Waals surface area contributed by atoms with Crippen LogP contribution < -0.4 is 11.5 Å². The number of hydrogen-bond acceptors (Lipinski definition) is 16. The molecule has 0 heterocycles. The maximum Gasteiger partial charge on any atom is 0.373 e. The lowest BCUT2D eigenvalue weighted by Gasteiger charge is -2.30. The number of carbonyl (C=O) groups is 1. The summed E-state index contributed by atoms with van der Waals surface area (Å²) in [6.45, 7) is 31.0. The molecule has 0 aliphatic rings. The van der Waals surface area contributed by atoms with Gasteiger partial charge in [-0.3, -0.25) is 0 Å². The molecule has 16 heteroatoms. The number of ether oxygens (including phenoxy) is 4. The van der Waals surface area contributed by atoms with Gasteiger partial charge < -0.3 is 45.7 Å². The van der Waals surface area contributed by atoms with Crippen LogP contribution in [0.1, 0.15) is 102 Å². The summed E-state index contributed by atoms with van der Waals surface area (Å²) in [6, 6.07) is 0. The first-order valence-corrected chi connectivity index (χ1v) is 16.5. The van der Waals surface area contributed by atoms with Crippen LogP contribution in [-0.4, -0.2) is 116 Å². The number of nitrogens with two attached hydrogens (primary N) is 2. The van der Waals surface area contributed by atoms with Crippen molar-refractivity contribution in [3.8, 4) is 0 Å². The second-order valence-electron chi connectivity index (χ2n) is 16.3. The Morgan fingerprint density at radius 2 is 0.788 bits per heavy atom. The van der Waals surface area contributed by atoms with E-state index in [0.29, 0.717) is 39.6 Å². The van der Waals surface area contributed by atoms with E-state index in [0.717, 1.165) is 25.3 Å². The third kappa shape index (κ3) is 62.2. The van der Waals surface area contributed by atoms with Gasteiger partial charge >= 0.3 is 24.4 Å². The Kier molecular flexibility index (Phi) is 39.8. The monoisotopic (exact) mass is 754 g/mol. The van der Waals surface area contributed by atoms with Crippen LogP contribution in [0.5, 0.6) is 0 Å². The average Bonchev–Trinajstić information content (AvgIpc) is 2.99. The lowest BCUT2D eigenvalue weighted by Crippen LogP contribution is -2.53. The molecule has 0 unspecified atom stereocenters. The van der Waals surface area contributed by atoms with Gasteiger partial charge in [-0.25, -0.2) is 4.79 Å². The Hall–Kier alpha value is -2.97. The van der Waals surface area contributed by atoms with Crippen molar-refractivity contribution >= 4 is 24.4 Å². The van der Waals surface area contributed by atoms with Crippen molar-refractivity contribution in [1.82, 2.24) is 0 Å². The maximum atomic E-state index is 10.5. The van der Waals surface area contributed by atoms with Crippen molar-refractivity contribution in [2.75, 3.05) is 59.5 Å². The molecule has 0 atom stereocenters. The molecule has 16 nitrogen and oxygen atoms in total. The van der Waals surface area contributed by atoms with Gasteiger partial charge in [0.15, 0.2) is 0 Å². The van der Waals surface area contributed by atoms with Crippen LogP contribution in [0.15, 0.2) is 12.7 Å². The van der Waals surface area contributed by atoms with Crippen LogP contribution in [0, 0.1) is 16.2 Å². The standard InChI is InChI=1S/C22H47NO3.C7H12O2.C4H11NO3.3CO2/c1-19(2,3)10-13-24-16-22(23,17-25-14-11-20(4,5)6)18-26-15-12-21(7,8)9;1-5-6(8)9-7(2,3)4;5-4(1-6,2-7)3-8;3*2-1-3/h10-18,23H2,1-9H3;5H,1H2,2-4H3;6-8H,1-3,5H2;;;. The fourth-order valence-electron chi connectivity index (χ4n) is 2.58. The summed E-state index contributed by atoms with van der Waals surface area (Å²) in [5, 5.41) is 25.0. The van der Waals surface area contributed by atoms with Gasteiger partial charge in [-0.1, -0.05) is 68.9 Å². The zero-order chi connectivity index (χ0) is 42.7. The molecular weight excluding hydrogens is 684 g/mol. The largest absolute Gasteiger partial charge is 0.457 e. The minimum Gasteiger partial charge on any atom is -0.457 e. The fourth-order valence-corrected chi connectivity index (χ4v) is 2.58. The van der Waals surface area contributed by atoms with Crippen LogP contribution >= 0.6 is 0 Å². The number of hydrogen-bond donors (Lipinski definition) is 5. The van der Waals surface area contributed by atoms with Gasteiger partial charge in [0.2, 0.25) is 0 Å². The van der Waals surface area contributed by atoms with E-state index in [-0.39, 0.29) is 40.7 Å². The quantitative estimate of drug-likeness (QED) is 0.0860. The first-order chi connectivity index (χ1) is 23.5. The maximum absolute atomic E-state index is 10.5. The first kappa shape index (κ1) is 61.1. The molecule has 7 N–H and O–H groups in total. The minimum atomic E-state index is -1.21. The van der Waals surface area contributed by atoms with E-state index in [1.807, 2.05) is 20.8 Å². The molecule has 0 aliphatic carbocycles. The summed E-state index contributed by atoms with van der Waals surface area (Å²) in [5.74, 6) is -0.373. The van der Waals surface area contributed by atoms with Crippen molar-refractivity contribution < 1.29 is 67.8 Å². The van der Waals surface area contributed by atoms with Gasteiger partial charge in [-0.15, -0.1) is 0 Å². The lowest BCUT2D eigenvalue weighted by molar-refractivity contribution is -0.193. The zero-order valence-electron chi connectivity index (χ0n) is 33.8. The van der Waals surface area contributed by atoms with Crippen LogP contribution in [0.4, 0.5) is 0 Å². The molecule has 0 aromatic carbocycles. The molecule has 0 bridgehead atoms. The van der Waals surface area contributed by atoms with Gasteiger partial charge in [0.05, 0.1) is 50.7 Å². The predicted molar refractivity (Wildman–Crippen MR) is 191 cm³/mol. The fraction of sp³-hybridized carbons (Fsp3) is 0.833. The van der Waals surface area contributed by atoms with E-state index in [1.165, 1.54) is 0 Å². The molecule has 0 aromatic heterocycles. The highest BCUT2D eigenvalue weighted by atomic mass is 16.6. The normalized spacial score (nSPS) is 11.2. The Morgan fingerprint density at radius 1 is 0.558 bits per heavy atom. The topological polar surface area (TPSA) is 269 Å². The second kappa shape index (κ2) is 33.8. The predicted octanol–water partition coefficient (Wildman–Crippen LogP) is 2.47. The summed E-state index contributed by atoms with van der Waals surface area (Å²) in [6.07, 6.45) is 4.95. The number of aliphatic hydroxyl groups excluding tert-OH is 3. The molecule has 0 aromatic rings. The smallest absolute Gasteiger partial charge is 0.373 e. The van der Waals surface area contributed by atoms with Gasteiger partial charge in [-0.05, 0) is 56.3 Å². The summed E-state index contributed by atoms with van der Waals surface area (Å²) in [5.41, 5.74) is 10.3. The van der Waals surface area contributed by atoms with Gasteiger partial charge in [-0.2, -0.15) is 28.8 Å². The highest BCUT2D eigenvalue weighted by Crippen LogP contribution is 2.21. The molecular formula is C36H70N2O14. The van der Waals surface area contributed by atoms with Crippen LogP contribution in [0.2, 0.25) is 0 Å². The van der Waals surface area contributed by atoms with Gasteiger partial charge in [0, 0.05) is 25.9 Å². The molecule has 0 rings (SSSR count). The molecule has 52 heavy (non-hydrogen) atoms. The van der Waals surface area contributed by atoms with E-state index in [4.69, 9.17) is 74.5 Å². The average molecular weight is 755 g/mol. The summed E-state index contributed by atoms with van der Waals surface area (Å²) < 4.78 is 22.5. The molecule has 0 fully saturated rings. The van der Waals surface area contributed by atoms with Gasteiger partial charge in [0.25, 0.3) is 0 Å².